The predicted molar refractivity (Wildman–Crippen MR) is 50.6 cm³/mol. The molecule has 0 saturated carbocycles. The van der Waals surface area contributed by atoms with Gasteiger partial charge in [-0.15, -0.1) is 0 Å². The van der Waals surface area contributed by atoms with Gasteiger partial charge in [-0.05, 0) is 20.8 Å². The molecule has 0 amide bonds. The molecule has 5 nitrogen and oxygen atoms in total. The van der Waals surface area contributed by atoms with Gasteiger partial charge in [-0.1, -0.05) is 12.7 Å². The fourth-order valence-corrected chi connectivity index (χ4v) is 0.190. The first kappa shape index (κ1) is 14.9. The molecular weight excluding hydrogens is 188 g/mol. The molecule has 0 atom stereocenters. The van der Waals surface area contributed by atoms with Crippen molar-refractivity contribution in [3.05, 3.63) is 23.8 Å². The van der Waals surface area contributed by atoms with E-state index >= 15 is 0 Å². The summed E-state index contributed by atoms with van der Waals surface area (Å²) < 4.78 is 0. The summed E-state index contributed by atoms with van der Waals surface area (Å²) in [6.07, 6.45) is 1.55. The summed E-state index contributed by atoms with van der Waals surface area (Å²) in [5.74, 6) is -1.64. The minimum Gasteiger partial charge on any atom is -0.478 e. The van der Waals surface area contributed by atoms with E-state index in [1.165, 1.54) is 6.92 Å². The van der Waals surface area contributed by atoms with E-state index in [2.05, 4.69) is 11.5 Å². The van der Waals surface area contributed by atoms with Gasteiger partial charge in [-0.25, -0.2) is 9.59 Å². The second-order valence-corrected chi connectivity index (χ2v) is 2.44. The van der Waals surface area contributed by atoms with Gasteiger partial charge in [0.2, 0.25) is 0 Å². The fourth-order valence-electron chi connectivity index (χ4n) is 0.190. The first-order chi connectivity index (χ1) is 6.36. The van der Waals surface area contributed by atoms with E-state index in [0.717, 1.165) is 0 Å². The number of carboxylic acids is 1. The molecule has 0 aromatic carbocycles. The van der Waals surface area contributed by atoms with Gasteiger partial charge in [0.1, 0.15) is 0 Å². The largest absolute Gasteiger partial charge is 0.478 e. The third kappa shape index (κ3) is 8.48. The van der Waals surface area contributed by atoms with Crippen LogP contribution in [-0.2, 0) is 14.5 Å². The highest BCUT2D eigenvalue weighted by molar-refractivity contribution is 5.87. The topological polar surface area (TPSA) is 83.8 Å². The highest BCUT2D eigenvalue weighted by Crippen LogP contribution is 1.92. The van der Waals surface area contributed by atoms with Crippen molar-refractivity contribution < 1.29 is 24.8 Å². The van der Waals surface area contributed by atoms with Gasteiger partial charge in [0, 0.05) is 11.1 Å². The summed E-state index contributed by atoms with van der Waals surface area (Å²) in [6.45, 7) is 7.84. The highest BCUT2D eigenvalue weighted by Gasteiger charge is 2.00. The first-order valence-electron chi connectivity index (χ1n) is 3.74. The van der Waals surface area contributed by atoms with Gasteiger partial charge in [-0.3, -0.25) is 4.89 Å². The first-order valence-corrected chi connectivity index (χ1v) is 3.74. The Morgan fingerprint density at radius 2 is 1.71 bits per heavy atom. The lowest BCUT2D eigenvalue weighted by Crippen LogP contribution is -2.00. The predicted octanol–water partition coefficient (Wildman–Crippen LogP) is 1.62. The van der Waals surface area contributed by atoms with Crippen LogP contribution in [0.3, 0.4) is 0 Å². The highest BCUT2D eigenvalue weighted by atomic mass is 17.1. The average Bonchev–Trinajstić information content (AvgIpc) is 2.16. The Morgan fingerprint density at radius 3 is 1.79 bits per heavy atom. The van der Waals surface area contributed by atoms with Crippen LogP contribution < -0.4 is 0 Å². The molecule has 0 aromatic heterocycles. The zero-order valence-corrected chi connectivity index (χ0v) is 8.40. The lowest BCUT2D eigenvalue weighted by molar-refractivity contribution is -0.229. The summed E-state index contributed by atoms with van der Waals surface area (Å²) in [5, 5.41) is 15.6. The maximum absolute atomic E-state index is 10.2. The minimum absolute atomic E-state index is 0.176. The number of carbonyl (C=O) groups excluding carboxylic acids is 1. The number of hydrogen-bond acceptors (Lipinski definition) is 4. The molecule has 0 rings (SSSR count). The standard InChI is InChI=1S/C5H8O3.C4H6O2/c1-3-4(2)5(6)8-7;1-3(2)4(5)6/h3,7H,1-2H3;1H2,2H3,(H,5,6). The Morgan fingerprint density at radius 1 is 1.36 bits per heavy atom. The van der Waals surface area contributed by atoms with Gasteiger partial charge in [0.15, 0.2) is 0 Å². The van der Waals surface area contributed by atoms with Crippen LogP contribution in [0, 0.1) is 0 Å². The van der Waals surface area contributed by atoms with Gasteiger partial charge in [0.25, 0.3) is 0 Å². The van der Waals surface area contributed by atoms with E-state index in [0.29, 0.717) is 5.57 Å². The lowest BCUT2D eigenvalue weighted by atomic mass is 10.3. The summed E-state index contributed by atoms with van der Waals surface area (Å²) >= 11 is 0. The van der Waals surface area contributed by atoms with Crippen molar-refractivity contribution in [3.63, 3.8) is 0 Å². The number of carboxylic acid groups (broad SMARTS) is 1. The van der Waals surface area contributed by atoms with Crippen LogP contribution in [0.25, 0.3) is 0 Å². The van der Waals surface area contributed by atoms with Crippen LogP contribution in [-0.4, -0.2) is 22.3 Å². The summed E-state index contributed by atoms with van der Waals surface area (Å²) in [7, 11) is 0. The van der Waals surface area contributed by atoms with Crippen LogP contribution >= 0.6 is 0 Å². The molecule has 0 radical (unpaired) electrons. The Kier molecular flexibility index (Phi) is 8.50. The molecule has 0 saturated heterocycles. The quantitative estimate of drug-likeness (QED) is 0.403. The van der Waals surface area contributed by atoms with E-state index in [4.69, 9.17) is 10.4 Å². The van der Waals surface area contributed by atoms with Gasteiger partial charge >= 0.3 is 11.9 Å². The molecule has 2 N–H and O–H groups in total. The molecular formula is C9H14O5. The van der Waals surface area contributed by atoms with Crippen molar-refractivity contribution in [3.8, 4) is 0 Å². The molecule has 0 unspecified atom stereocenters. The molecule has 0 aliphatic carbocycles. The molecule has 14 heavy (non-hydrogen) atoms. The summed E-state index contributed by atoms with van der Waals surface area (Å²) in [6, 6.07) is 0. The number of aliphatic carboxylic acids is 1. The molecule has 0 aromatic rings. The van der Waals surface area contributed by atoms with E-state index in [-0.39, 0.29) is 5.57 Å². The molecule has 0 fully saturated rings. The molecule has 0 spiro atoms. The van der Waals surface area contributed by atoms with Crippen LogP contribution in [0.5, 0.6) is 0 Å². The van der Waals surface area contributed by atoms with Crippen LogP contribution in [0.4, 0.5) is 0 Å². The van der Waals surface area contributed by atoms with Crippen LogP contribution in [0.1, 0.15) is 20.8 Å². The summed E-state index contributed by atoms with van der Waals surface area (Å²) in [4.78, 5) is 23.2. The Bertz CT molecular complexity index is 240. The van der Waals surface area contributed by atoms with Gasteiger partial charge in [0.05, 0.1) is 0 Å². The number of hydrogen-bond donors (Lipinski definition) is 2. The SMILES string of the molecule is C=C(C)C(=O)O.CC=C(C)C(=O)OO. The van der Waals surface area contributed by atoms with Crippen molar-refractivity contribution in [1.29, 1.82) is 0 Å². The van der Waals surface area contributed by atoms with Gasteiger partial charge in [-0.2, -0.15) is 5.26 Å². The fraction of sp³-hybridized carbons (Fsp3) is 0.333. The Labute approximate surface area is 82.2 Å². The summed E-state index contributed by atoms with van der Waals surface area (Å²) in [5.41, 5.74) is 0.572. The van der Waals surface area contributed by atoms with E-state index in [1.54, 1.807) is 19.9 Å². The molecule has 0 aliphatic heterocycles. The minimum atomic E-state index is -0.935. The maximum Gasteiger partial charge on any atom is 0.368 e. The van der Waals surface area contributed by atoms with E-state index < -0.39 is 11.9 Å². The van der Waals surface area contributed by atoms with E-state index in [1.807, 2.05) is 0 Å². The van der Waals surface area contributed by atoms with Crippen molar-refractivity contribution >= 4 is 11.9 Å². The van der Waals surface area contributed by atoms with Crippen LogP contribution in [0.15, 0.2) is 23.8 Å². The van der Waals surface area contributed by atoms with Crippen molar-refractivity contribution in [2.24, 2.45) is 0 Å². The zero-order chi connectivity index (χ0) is 11.7. The van der Waals surface area contributed by atoms with Crippen molar-refractivity contribution in [2.45, 2.75) is 20.8 Å². The number of allylic oxidation sites excluding steroid dienone is 1. The third-order valence-electron chi connectivity index (χ3n) is 1.20. The number of carbonyl (C=O) groups is 2. The molecule has 5 heteroatoms. The van der Waals surface area contributed by atoms with Crippen molar-refractivity contribution in [1.82, 2.24) is 0 Å². The Hall–Kier alpha value is -1.62. The molecule has 80 valence electrons. The average molecular weight is 202 g/mol. The van der Waals surface area contributed by atoms with E-state index in [9.17, 15) is 9.59 Å². The monoisotopic (exact) mass is 202 g/mol. The van der Waals surface area contributed by atoms with Gasteiger partial charge < -0.3 is 5.11 Å². The zero-order valence-electron chi connectivity index (χ0n) is 8.40. The molecule has 0 bridgehead atoms. The third-order valence-corrected chi connectivity index (χ3v) is 1.20. The van der Waals surface area contributed by atoms with Crippen LogP contribution in [0.2, 0.25) is 0 Å². The molecule has 0 heterocycles. The maximum atomic E-state index is 10.2. The Balaban J connectivity index is 0. The smallest absolute Gasteiger partial charge is 0.368 e. The normalized spacial score (nSPS) is 9.57. The second-order valence-electron chi connectivity index (χ2n) is 2.44. The second kappa shape index (κ2) is 8.00. The molecule has 0 aliphatic rings. The van der Waals surface area contributed by atoms with Crippen molar-refractivity contribution in [2.75, 3.05) is 0 Å². The lowest BCUT2D eigenvalue weighted by Gasteiger charge is -1.90. The number of rotatable bonds is 2.